The fraction of sp³-hybridized carbons (Fsp3) is 0. The van der Waals surface area contributed by atoms with Gasteiger partial charge in [-0.05, 0) is 22.9 Å². The van der Waals surface area contributed by atoms with Gasteiger partial charge in [0.25, 0.3) is 0 Å². The molecule has 13 heavy (non-hydrogen) atoms. The van der Waals surface area contributed by atoms with Gasteiger partial charge in [-0.3, -0.25) is 0 Å². The van der Waals surface area contributed by atoms with E-state index in [4.69, 9.17) is 4.52 Å². The number of fused-ring (bicyclic) bond motifs is 3. The topological polar surface area (TPSA) is 26.0 Å². The molecule has 3 rings (SSSR count). The number of hydrogen-bond donors (Lipinski definition) is 0. The SMILES string of the molecule is c1ccc2c3ccnoc-3cc2c1. The van der Waals surface area contributed by atoms with Crippen LogP contribution in [0.5, 0.6) is 0 Å². The summed E-state index contributed by atoms with van der Waals surface area (Å²) in [4.78, 5) is 0. The van der Waals surface area contributed by atoms with Gasteiger partial charge in [-0.1, -0.05) is 29.4 Å². The van der Waals surface area contributed by atoms with E-state index in [2.05, 4.69) is 17.3 Å². The highest BCUT2D eigenvalue weighted by Crippen LogP contribution is 2.32. The summed E-state index contributed by atoms with van der Waals surface area (Å²) in [7, 11) is 0. The smallest absolute Gasteiger partial charge is 0.166 e. The number of benzene rings is 1. The highest BCUT2D eigenvalue weighted by molar-refractivity contribution is 6.00. The van der Waals surface area contributed by atoms with Crippen molar-refractivity contribution in [2.45, 2.75) is 0 Å². The standard InChI is InChI=1S/C11H7NO/c1-2-4-9-8(3-1)7-11-10(9)5-6-12-13-11/h1-7H. The lowest BCUT2D eigenvalue weighted by molar-refractivity contribution is 0.414. The molecule has 0 bridgehead atoms. The summed E-state index contributed by atoms with van der Waals surface area (Å²) in [5.41, 5.74) is 1.13. The van der Waals surface area contributed by atoms with Crippen molar-refractivity contribution in [2.75, 3.05) is 0 Å². The molecule has 0 saturated heterocycles. The molecule has 0 N–H and O–H groups in total. The minimum Gasteiger partial charge on any atom is -0.356 e. The minimum atomic E-state index is 0.851. The van der Waals surface area contributed by atoms with Crippen LogP contribution in [0.25, 0.3) is 22.1 Å². The van der Waals surface area contributed by atoms with Crippen molar-refractivity contribution in [3.63, 3.8) is 0 Å². The second kappa shape index (κ2) is 2.33. The van der Waals surface area contributed by atoms with Crippen LogP contribution in [-0.4, -0.2) is 5.16 Å². The maximum Gasteiger partial charge on any atom is 0.166 e. The second-order valence-corrected chi connectivity index (χ2v) is 3.02. The molecule has 0 fully saturated rings. The summed E-state index contributed by atoms with van der Waals surface area (Å²) in [6.07, 6.45) is 1.68. The predicted octanol–water partition coefficient (Wildman–Crippen LogP) is 2.93. The van der Waals surface area contributed by atoms with Gasteiger partial charge in [0.15, 0.2) is 5.76 Å². The van der Waals surface area contributed by atoms with Gasteiger partial charge in [0.2, 0.25) is 0 Å². The summed E-state index contributed by atoms with van der Waals surface area (Å²) >= 11 is 0. The van der Waals surface area contributed by atoms with E-state index in [0.717, 1.165) is 11.3 Å². The van der Waals surface area contributed by atoms with E-state index >= 15 is 0 Å². The summed E-state index contributed by atoms with van der Waals surface area (Å²) in [5, 5.41) is 6.16. The molecule has 1 aliphatic heterocycles. The van der Waals surface area contributed by atoms with Crippen molar-refractivity contribution in [3.8, 4) is 11.3 Å². The van der Waals surface area contributed by atoms with Crippen LogP contribution in [0.1, 0.15) is 0 Å². The number of hydrogen-bond acceptors (Lipinski definition) is 2. The number of nitrogens with zero attached hydrogens (tertiary/aromatic N) is 1. The third-order valence-electron chi connectivity index (χ3n) is 2.26. The lowest BCUT2D eigenvalue weighted by Gasteiger charge is -1.93. The first-order valence-electron chi connectivity index (χ1n) is 4.17. The van der Waals surface area contributed by atoms with Crippen molar-refractivity contribution >= 4 is 10.8 Å². The molecule has 0 unspecified atom stereocenters. The Morgan fingerprint density at radius 3 is 3.00 bits per heavy atom. The molecule has 0 aromatic heterocycles. The fourth-order valence-electron chi connectivity index (χ4n) is 1.66. The molecule has 1 heterocycles. The van der Waals surface area contributed by atoms with Crippen LogP contribution in [0, 0.1) is 0 Å². The molecule has 0 saturated carbocycles. The molecule has 0 atom stereocenters. The molecular weight excluding hydrogens is 162 g/mol. The third kappa shape index (κ3) is 0.855. The Balaban J connectivity index is 2.56. The van der Waals surface area contributed by atoms with Crippen LogP contribution in [0.3, 0.4) is 0 Å². The lowest BCUT2D eigenvalue weighted by atomic mass is 10.2. The molecule has 2 heteroatoms. The van der Waals surface area contributed by atoms with Gasteiger partial charge in [0.1, 0.15) is 0 Å². The summed E-state index contributed by atoms with van der Waals surface area (Å²) in [6, 6.07) is 12.2. The van der Waals surface area contributed by atoms with Gasteiger partial charge in [-0.2, -0.15) is 0 Å². The average Bonchev–Trinajstić information content (AvgIpc) is 2.56. The zero-order valence-corrected chi connectivity index (χ0v) is 6.90. The Hall–Kier alpha value is -1.83. The van der Waals surface area contributed by atoms with Crippen molar-refractivity contribution in [1.29, 1.82) is 0 Å². The lowest BCUT2D eigenvalue weighted by Crippen LogP contribution is -1.74. The van der Waals surface area contributed by atoms with Gasteiger partial charge >= 0.3 is 0 Å². The highest BCUT2D eigenvalue weighted by Gasteiger charge is 2.10. The van der Waals surface area contributed by atoms with Crippen LogP contribution >= 0.6 is 0 Å². The predicted molar refractivity (Wildman–Crippen MR) is 50.6 cm³/mol. The molecule has 2 nitrogen and oxygen atoms in total. The Morgan fingerprint density at radius 2 is 2.00 bits per heavy atom. The maximum absolute atomic E-state index is 5.15. The van der Waals surface area contributed by atoms with E-state index in [1.807, 2.05) is 24.3 Å². The molecular formula is C11H7NO. The first-order valence-corrected chi connectivity index (χ1v) is 4.17. The van der Waals surface area contributed by atoms with E-state index in [-0.39, 0.29) is 0 Å². The number of rotatable bonds is 0. The molecule has 2 aliphatic rings. The first-order chi connectivity index (χ1) is 6.45. The largest absolute Gasteiger partial charge is 0.356 e. The van der Waals surface area contributed by atoms with Crippen LogP contribution in [-0.2, 0) is 0 Å². The Morgan fingerprint density at radius 1 is 1.08 bits per heavy atom. The number of aromatic nitrogens is 1. The molecule has 0 amide bonds. The molecule has 0 radical (unpaired) electrons. The van der Waals surface area contributed by atoms with Gasteiger partial charge in [-0.15, -0.1) is 0 Å². The van der Waals surface area contributed by atoms with Gasteiger partial charge in [0, 0.05) is 5.56 Å². The van der Waals surface area contributed by atoms with Crippen molar-refractivity contribution in [3.05, 3.63) is 42.6 Å². The molecule has 1 aliphatic carbocycles. The van der Waals surface area contributed by atoms with E-state index < -0.39 is 0 Å². The normalized spacial score (nSPS) is 11.1. The quantitative estimate of drug-likeness (QED) is 0.517. The summed E-state index contributed by atoms with van der Waals surface area (Å²) < 4.78 is 5.15. The van der Waals surface area contributed by atoms with E-state index in [1.54, 1.807) is 6.20 Å². The Bertz CT molecular complexity index is 527. The second-order valence-electron chi connectivity index (χ2n) is 3.02. The van der Waals surface area contributed by atoms with E-state index in [1.165, 1.54) is 10.8 Å². The monoisotopic (exact) mass is 169 g/mol. The zero-order chi connectivity index (χ0) is 8.67. The third-order valence-corrected chi connectivity index (χ3v) is 2.26. The molecule has 0 spiro atoms. The van der Waals surface area contributed by atoms with Crippen LogP contribution in [0.2, 0.25) is 0 Å². The molecule has 62 valence electrons. The van der Waals surface area contributed by atoms with Crippen molar-refractivity contribution < 1.29 is 4.52 Å². The highest BCUT2D eigenvalue weighted by atomic mass is 16.5. The van der Waals surface area contributed by atoms with Gasteiger partial charge in [-0.25, -0.2) is 0 Å². The van der Waals surface area contributed by atoms with E-state index in [0.29, 0.717) is 0 Å². The van der Waals surface area contributed by atoms with E-state index in [9.17, 15) is 0 Å². The average molecular weight is 169 g/mol. The van der Waals surface area contributed by atoms with Crippen LogP contribution in [0.4, 0.5) is 0 Å². The Kier molecular flexibility index (Phi) is 1.19. The van der Waals surface area contributed by atoms with Gasteiger partial charge < -0.3 is 4.52 Å². The van der Waals surface area contributed by atoms with Crippen LogP contribution in [0.15, 0.2) is 47.1 Å². The van der Waals surface area contributed by atoms with Crippen molar-refractivity contribution in [2.24, 2.45) is 0 Å². The first kappa shape index (κ1) is 6.66. The fourth-order valence-corrected chi connectivity index (χ4v) is 1.66. The summed E-state index contributed by atoms with van der Waals surface area (Å²) in [5.74, 6) is 0.851. The zero-order valence-electron chi connectivity index (χ0n) is 6.90. The van der Waals surface area contributed by atoms with Crippen molar-refractivity contribution in [1.82, 2.24) is 5.16 Å². The van der Waals surface area contributed by atoms with Crippen LogP contribution < -0.4 is 0 Å². The summed E-state index contributed by atoms with van der Waals surface area (Å²) in [6.45, 7) is 0. The van der Waals surface area contributed by atoms with Gasteiger partial charge in [0.05, 0.1) is 6.20 Å². The minimum absolute atomic E-state index is 0.851. The molecule has 1 aromatic rings. The molecule has 1 aromatic carbocycles. The maximum atomic E-state index is 5.15. The Labute approximate surface area is 75.1 Å².